The molecule has 2 aromatic carbocycles. The van der Waals surface area contributed by atoms with Crippen LogP contribution in [-0.2, 0) is 6.54 Å². The first-order chi connectivity index (χ1) is 9.92. The molecule has 0 atom stereocenters. The van der Waals surface area contributed by atoms with E-state index in [1.54, 1.807) is 0 Å². The van der Waals surface area contributed by atoms with E-state index in [-0.39, 0.29) is 0 Å². The van der Waals surface area contributed by atoms with Gasteiger partial charge in [-0.25, -0.2) is 0 Å². The lowest BCUT2D eigenvalue weighted by atomic mass is 10.1. The Hall–Kier alpha value is -1.80. The third-order valence-electron chi connectivity index (χ3n) is 3.65. The predicted molar refractivity (Wildman–Crippen MR) is 82.1 cm³/mol. The molecule has 0 saturated heterocycles. The van der Waals surface area contributed by atoms with Crippen LogP contribution in [0.25, 0.3) is 0 Å². The quantitative estimate of drug-likeness (QED) is 0.772. The Morgan fingerprint density at radius 3 is 2.40 bits per heavy atom. The van der Waals surface area contributed by atoms with E-state index in [9.17, 15) is 0 Å². The van der Waals surface area contributed by atoms with Crippen LogP contribution in [0, 0.1) is 0 Å². The molecule has 0 heterocycles. The topological polar surface area (TPSA) is 21.3 Å². The molecule has 3 rings (SSSR count). The van der Waals surface area contributed by atoms with Gasteiger partial charge in [0.15, 0.2) is 0 Å². The molecule has 20 heavy (non-hydrogen) atoms. The van der Waals surface area contributed by atoms with Gasteiger partial charge in [0, 0.05) is 13.1 Å². The highest BCUT2D eigenvalue weighted by atomic mass is 16.5. The summed E-state index contributed by atoms with van der Waals surface area (Å²) < 4.78 is 5.64. The number of rotatable bonds is 7. The maximum atomic E-state index is 5.64. The fourth-order valence-corrected chi connectivity index (χ4v) is 2.31. The summed E-state index contributed by atoms with van der Waals surface area (Å²) in [5.74, 6) is 1.78. The van der Waals surface area contributed by atoms with Crippen LogP contribution in [0.2, 0.25) is 0 Å². The van der Waals surface area contributed by atoms with Crippen molar-refractivity contribution in [3.8, 4) is 5.75 Å². The molecule has 2 heteroatoms. The van der Waals surface area contributed by atoms with Crippen molar-refractivity contribution in [2.75, 3.05) is 13.2 Å². The third-order valence-corrected chi connectivity index (χ3v) is 3.65. The number of para-hydroxylation sites is 1. The molecule has 104 valence electrons. The lowest BCUT2D eigenvalue weighted by Crippen LogP contribution is -2.20. The number of ether oxygens (including phenoxy) is 1. The SMILES string of the molecule is c1ccc(OCCNCc2ccc(C3CC3)cc2)cc1. The monoisotopic (exact) mass is 267 g/mol. The molecule has 2 aromatic rings. The van der Waals surface area contributed by atoms with Crippen LogP contribution < -0.4 is 10.1 Å². The van der Waals surface area contributed by atoms with Gasteiger partial charge in [0.2, 0.25) is 0 Å². The Labute approximate surface area is 120 Å². The first-order valence-corrected chi connectivity index (χ1v) is 7.39. The van der Waals surface area contributed by atoms with Crippen molar-refractivity contribution in [2.45, 2.75) is 25.3 Å². The summed E-state index contributed by atoms with van der Waals surface area (Å²) in [5, 5.41) is 3.41. The Bertz CT molecular complexity index is 517. The molecular formula is C18H21NO. The summed E-state index contributed by atoms with van der Waals surface area (Å²) in [4.78, 5) is 0. The molecule has 0 radical (unpaired) electrons. The van der Waals surface area contributed by atoms with E-state index in [2.05, 4.69) is 29.6 Å². The molecule has 1 aliphatic rings. The smallest absolute Gasteiger partial charge is 0.119 e. The van der Waals surface area contributed by atoms with E-state index in [1.807, 2.05) is 30.3 Å². The van der Waals surface area contributed by atoms with Crippen molar-refractivity contribution in [3.63, 3.8) is 0 Å². The Kier molecular flexibility index (Phi) is 4.34. The van der Waals surface area contributed by atoms with Gasteiger partial charge in [0.25, 0.3) is 0 Å². The molecule has 0 aliphatic heterocycles. The molecule has 0 spiro atoms. The first-order valence-electron chi connectivity index (χ1n) is 7.39. The highest BCUT2D eigenvalue weighted by molar-refractivity contribution is 5.28. The van der Waals surface area contributed by atoms with Crippen molar-refractivity contribution >= 4 is 0 Å². The molecule has 0 unspecified atom stereocenters. The lowest BCUT2D eigenvalue weighted by molar-refractivity contribution is 0.313. The summed E-state index contributed by atoms with van der Waals surface area (Å²) in [6.45, 7) is 2.46. The van der Waals surface area contributed by atoms with Crippen molar-refractivity contribution in [1.82, 2.24) is 5.32 Å². The Morgan fingerprint density at radius 2 is 1.70 bits per heavy atom. The molecule has 0 aromatic heterocycles. The standard InChI is InChI=1S/C18H21NO/c1-2-4-18(5-3-1)20-13-12-19-14-15-6-8-16(9-7-15)17-10-11-17/h1-9,17,19H,10-14H2. The van der Waals surface area contributed by atoms with E-state index in [1.165, 1.54) is 24.0 Å². The molecule has 0 amide bonds. The third kappa shape index (κ3) is 3.84. The predicted octanol–water partition coefficient (Wildman–Crippen LogP) is 3.73. The van der Waals surface area contributed by atoms with Gasteiger partial charge < -0.3 is 10.1 Å². The highest BCUT2D eigenvalue weighted by Crippen LogP contribution is 2.39. The average Bonchev–Trinajstić information content (AvgIpc) is 3.33. The summed E-state index contributed by atoms with van der Waals surface area (Å²) >= 11 is 0. The van der Waals surface area contributed by atoms with Gasteiger partial charge in [-0.2, -0.15) is 0 Å². The van der Waals surface area contributed by atoms with Gasteiger partial charge in [-0.05, 0) is 42.0 Å². The molecular weight excluding hydrogens is 246 g/mol. The fourth-order valence-electron chi connectivity index (χ4n) is 2.31. The summed E-state index contributed by atoms with van der Waals surface area (Å²) in [6.07, 6.45) is 2.74. The van der Waals surface area contributed by atoms with Gasteiger partial charge in [0.1, 0.15) is 12.4 Å². The number of hydrogen-bond acceptors (Lipinski definition) is 2. The minimum Gasteiger partial charge on any atom is -0.492 e. The van der Waals surface area contributed by atoms with Gasteiger partial charge in [0.05, 0.1) is 0 Å². The summed E-state index contributed by atoms with van der Waals surface area (Å²) in [7, 11) is 0. The molecule has 0 bridgehead atoms. The molecule has 1 N–H and O–H groups in total. The Balaban J connectivity index is 1.35. The van der Waals surface area contributed by atoms with Crippen molar-refractivity contribution in [2.24, 2.45) is 0 Å². The van der Waals surface area contributed by atoms with Gasteiger partial charge in [-0.1, -0.05) is 42.5 Å². The van der Waals surface area contributed by atoms with E-state index >= 15 is 0 Å². The largest absolute Gasteiger partial charge is 0.492 e. The maximum Gasteiger partial charge on any atom is 0.119 e. The van der Waals surface area contributed by atoms with Crippen LogP contribution in [0.4, 0.5) is 0 Å². The molecule has 2 nitrogen and oxygen atoms in total. The van der Waals surface area contributed by atoms with Crippen LogP contribution in [0.3, 0.4) is 0 Å². The maximum absolute atomic E-state index is 5.64. The highest BCUT2D eigenvalue weighted by Gasteiger charge is 2.22. The minimum absolute atomic E-state index is 0.699. The number of nitrogens with one attached hydrogen (secondary N) is 1. The van der Waals surface area contributed by atoms with E-state index in [4.69, 9.17) is 4.74 Å². The number of hydrogen-bond donors (Lipinski definition) is 1. The van der Waals surface area contributed by atoms with Crippen molar-refractivity contribution in [3.05, 3.63) is 65.7 Å². The normalized spacial score (nSPS) is 14.2. The van der Waals surface area contributed by atoms with Gasteiger partial charge in [-0.3, -0.25) is 0 Å². The second-order valence-electron chi connectivity index (χ2n) is 5.35. The van der Waals surface area contributed by atoms with Crippen LogP contribution in [0.5, 0.6) is 5.75 Å². The second-order valence-corrected chi connectivity index (χ2v) is 5.35. The minimum atomic E-state index is 0.699. The Morgan fingerprint density at radius 1 is 0.950 bits per heavy atom. The zero-order valence-electron chi connectivity index (χ0n) is 11.7. The van der Waals surface area contributed by atoms with E-state index in [0.717, 1.165) is 24.8 Å². The average molecular weight is 267 g/mol. The van der Waals surface area contributed by atoms with Crippen LogP contribution >= 0.6 is 0 Å². The number of benzene rings is 2. The first kappa shape index (κ1) is 13.2. The van der Waals surface area contributed by atoms with Crippen molar-refractivity contribution in [1.29, 1.82) is 0 Å². The van der Waals surface area contributed by atoms with Gasteiger partial charge in [-0.15, -0.1) is 0 Å². The van der Waals surface area contributed by atoms with Crippen LogP contribution in [0.1, 0.15) is 29.9 Å². The zero-order chi connectivity index (χ0) is 13.6. The fraction of sp³-hybridized carbons (Fsp3) is 0.333. The van der Waals surface area contributed by atoms with E-state index < -0.39 is 0 Å². The zero-order valence-corrected chi connectivity index (χ0v) is 11.7. The van der Waals surface area contributed by atoms with E-state index in [0.29, 0.717) is 6.61 Å². The summed E-state index contributed by atoms with van der Waals surface area (Å²) in [5.41, 5.74) is 2.84. The molecule has 1 fully saturated rings. The van der Waals surface area contributed by atoms with Crippen LogP contribution in [0.15, 0.2) is 54.6 Å². The lowest BCUT2D eigenvalue weighted by Gasteiger charge is -2.08. The molecule has 1 aliphatic carbocycles. The van der Waals surface area contributed by atoms with Crippen LogP contribution in [-0.4, -0.2) is 13.2 Å². The molecule has 1 saturated carbocycles. The van der Waals surface area contributed by atoms with Gasteiger partial charge >= 0.3 is 0 Å². The summed E-state index contributed by atoms with van der Waals surface area (Å²) in [6, 6.07) is 19.0. The van der Waals surface area contributed by atoms with Crippen molar-refractivity contribution < 1.29 is 4.74 Å². The second kappa shape index (κ2) is 6.58.